The number of nitrogen functional groups attached to an aromatic ring is 1. The molecule has 0 bridgehead atoms. The van der Waals surface area contributed by atoms with Crippen molar-refractivity contribution in [3.8, 4) is 28.4 Å². The molecule has 6 nitrogen and oxygen atoms in total. The molecule has 4 rings (SSSR count). The van der Waals surface area contributed by atoms with Crippen molar-refractivity contribution >= 4 is 40.0 Å². The highest BCUT2D eigenvalue weighted by Crippen LogP contribution is 2.42. The summed E-state index contributed by atoms with van der Waals surface area (Å²) >= 11 is 12.4. The van der Waals surface area contributed by atoms with E-state index in [2.05, 4.69) is 4.98 Å². The highest BCUT2D eigenvalue weighted by Gasteiger charge is 2.23. The summed E-state index contributed by atoms with van der Waals surface area (Å²) in [6.45, 7) is 1.68. The number of halogens is 3. The molecule has 2 heterocycles. The van der Waals surface area contributed by atoms with Crippen molar-refractivity contribution in [3.05, 3.63) is 64.2 Å². The number of nitrogens with zero attached hydrogens (tertiary/aromatic N) is 1. The first kappa shape index (κ1) is 22.0. The van der Waals surface area contributed by atoms with E-state index in [1.807, 2.05) is 12.1 Å². The van der Waals surface area contributed by atoms with Crippen molar-refractivity contribution in [2.24, 2.45) is 0 Å². The summed E-state index contributed by atoms with van der Waals surface area (Å²) in [6.07, 6.45) is 2.43. The van der Waals surface area contributed by atoms with Crippen molar-refractivity contribution < 1.29 is 23.0 Å². The zero-order valence-electron chi connectivity index (χ0n) is 17.4. The average Bonchev–Trinajstić information content (AvgIpc) is 3.22. The van der Waals surface area contributed by atoms with E-state index >= 15 is 0 Å². The first-order valence-electron chi connectivity index (χ1n) is 9.53. The predicted molar refractivity (Wildman–Crippen MR) is 122 cm³/mol. The minimum Gasteiger partial charge on any atom is -0.497 e. The summed E-state index contributed by atoms with van der Waals surface area (Å²) in [4.78, 5) is 4.25. The van der Waals surface area contributed by atoms with E-state index in [0.29, 0.717) is 28.0 Å². The summed E-state index contributed by atoms with van der Waals surface area (Å²) < 4.78 is 36.5. The SMILES string of the molecule is COc1cc(OC)cc(-c2coc3c(O[C@H](C)c4c(Cl)ccc(F)c4Cl)c(N)ncc23)c1. The Labute approximate surface area is 193 Å². The molecule has 0 fully saturated rings. The third kappa shape index (κ3) is 3.89. The minimum absolute atomic E-state index is 0.108. The first-order chi connectivity index (χ1) is 15.3. The van der Waals surface area contributed by atoms with E-state index in [-0.39, 0.29) is 21.6 Å². The van der Waals surface area contributed by atoms with Crippen molar-refractivity contribution in [2.75, 3.05) is 20.0 Å². The van der Waals surface area contributed by atoms with Gasteiger partial charge in [-0.1, -0.05) is 23.2 Å². The smallest absolute Gasteiger partial charge is 0.205 e. The zero-order valence-corrected chi connectivity index (χ0v) is 18.9. The Morgan fingerprint density at radius 1 is 1.09 bits per heavy atom. The van der Waals surface area contributed by atoms with E-state index in [9.17, 15) is 4.39 Å². The van der Waals surface area contributed by atoms with Crippen LogP contribution >= 0.6 is 23.2 Å². The Bertz CT molecular complexity index is 1290. The molecular formula is C23H19Cl2FN2O4. The molecule has 0 spiro atoms. The van der Waals surface area contributed by atoms with Crippen LogP contribution in [0.15, 0.2) is 47.2 Å². The molecule has 2 aromatic carbocycles. The summed E-state index contributed by atoms with van der Waals surface area (Å²) in [6, 6.07) is 8.07. The number of rotatable bonds is 6. The molecule has 0 saturated heterocycles. The fourth-order valence-electron chi connectivity index (χ4n) is 3.43. The average molecular weight is 477 g/mol. The summed E-state index contributed by atoms with van der Waals surface area (Å²) in [5.41, 5.74) is 8.29. The number of fused-ring (bicyclic) bond motifs is 1. The Kier molecular flexibility index (Phi) is 6.04. The lowest BCUT2D eigenvalue weighted by molar-refractivity contribution is 0.227. The number of nitrogens with two attached hydrogens (primary N) is 1. The van der Waals surface area contributed by atoms with Gasteiger partial charge in [0.1, 0.15) is 23.4 Å². The van der Waals surface area contributed by atoms with Gasteiger partial charge in [0.25, 0.3) is 0 Å². The summed E-state index contributed by atoms with van der Waals surface area (Å²) in [7, 11) is 3.15. The Hall–Kier alpha value is -3.16. The van der Waals surface area contributed by atoms with Crippen molar-refractivity contribution in [2.45, 2.75) is 13.0 Å². The van der Waals surface area contributed by atoms with Crippen LogP contribution in [0.1, 0.15) is 18.6 Å². The third-order valence-electron chi connectivity index (χ3n) is 5.04. The van der Waals surface area contributed by atoms with E-state index in [0.717, 1.165) is 11.1 Å². The second-order valence-electron chi connectivity index (χ2n) is 6.98. The van der Waals surface area contributed by atoms with Gasteiger partial charge in [0.05, 0.1) is 30.9 Å². The van der Waals surface area contributed by atoms with Gasteiger partial charge in [0.15, 0.2) is 11.4 Å². The molecule has 0 amide bonds. The molecule has 9 heteroatoms. The second kappa shape index (κ2) is 8.76. The number of furan rings is 1. The van der Waals surface area contributed by atoms with Crippen LogP contribution in [0.2, 0.25) is 10.0 Å². The molecule has 0 aliphatic carbocycles. The van der Waals surface area contributed by atoms with Crippen LogP contribution in [0.3, 0.4) is 0 Å². The lowest BCUT2D eigenvalue weighted by atomic mass is 10.0. The monoisotopic (exact) mass is 476 g/mol. The fourth-order valence-corrected chi connectivity index (χ4v) is 4.11. The molecular weight excluding hydrogens is 458 g/mol. The number of ether oxygens (including phenoxy) is 3. The predicted octanol–water partition coefficient (Wildman–Crippen LogP) is 6.68. The number of methoxy groups -OCH3 is 2. The quantitative estimate of drug-likeness (QED) is 0.312. The van der Waals surface area contributed by atoms with E-state index in [1.54, 1.807) is 39.7 Å². The van der Waals surface area contributed by atoms with Gasteiger partial charge in [0.2, 0.25) is 5.75 Å². The van der Waals surface area contributed by atoms with Crippen LogP contribution in [0.25, 0.3) is 22.1 Å². The first-order valence-corrected chi connectivity index (χ1v) is 10.3. The number of pyridine rings is 1. The van der Waals surface area contributed by atoms with Crippen LogP contribution < -0.4 is 19.9 Å². The molecule has 1 atom stereocenters. The molecule has 32 heavy (non-hydrogen) atoms. The summed E-state index contributed by atoms with van der Waals surface area (Å²) in [5, 5.41) is 0.812. The number of hydrogen-bond acceptors (Lipinski definition) is 6. The highest BCUT2D eigenvalue weighted by molar-refractivity contribution is 6.36. The van der Waals surface area contributed by atoms with Crippen molar-refractivity contribution in [1.82, 2.24) is 4.98 Å². The molecule has 0 unspecified atom stereocenters. The Morgan fingerprint density at radius 3 is 2.44 bits per heavy atom. The van der Waals surface area contributed by atoms with Gasteiger partial charge in [-0.3, -0.25) is 0 Å². The number of benzene rings is 2. The normalized spacial score (nSPS) is 12.1. The molecule has 0 aliphatic rings. The zero-order chi connectivity index (χ0) is 23.0. The van der Waals surface area contributed by atoms with Gasteiger partial charge in [-0.25, -0.2) is 9.37 Å². The van der Waals surface area contributed by atoms with Gasteiger partial charge < -0.3 is 24.4 Å². The molecule has 4 aromatic rings. The minimum atomic E-state index is -0.731. The van der Waals surface area contributed by atoms with Gasteiger partial charge in [-0.05, 0) is 36.8 Å². The molecule has 0 saturated carbocycles. The maximum Gasteiger partial charge on any atom is 0.205 e. The lowest BCUT2D eigenvalue weighted by Crippen LogP contribution is -2.08. The van der Waals surface area contributed by atoms with E-state index in [1.165, 1.54) is 12.1 Å². The van der Waals surface area contributed by atoms with Gasteiger partial charge >= 0.3 is 0 Å². The van der Waals surface area contributed by atoms with Crippen LogP contribution in [0.5, 0.6) is 17.2 Å². The highest BCUT2D eigenvalue weighted by atomic mass is 35.5. The Balaban J connectivity index is 1.79. The maximum atomic E-state index is 14.0. The second-order valence-corrected chi connectivity index (χ2v) is 7.77. The number of aromatic nitrogens is 1. The van der Waals surface area contributed by atoms with Crippen LogP contribution in [-0.4, -0.2) is 19.2 Å². The molecule has 2 aromatic heterocycles. The van der Waals surface area contributed by atoms with Crippen molar-refractivity contribution in [3.63, 3.8) is 0 Å². The van der Waals surface area contributed by atoms with Gasteiger partial charge in [-0.2, -0.15) is 0 Å². The maximum absolute atomic E-state index is 14.0. The molecule has 0 radical (unpaired) electrons. The van der Waals surface area contributed by atoms with E-state index < -0.39 is 11.9 Å². The number of hydrogen-bond donors (Lipinski definition) is 1. The lowest BCUT2D eigenvalue weighted by Gasteiger charge is -2.18. The van der Waals surface area contributed by atoms with Gasteiger partial charge in [0, 0.05) is 28.4 Å². The van der Waals surface area contributed by atoms with Crippen LogP contribution in [-0.2, 0) is 0 Å². The van der Waals surface area contributed by atoms with Gasteiger partial charge in [-0.15, -0.1) is 0 Å². The third-order valence-corrected chi connectivity index (χ3v) is 5.76. The van der Waals surface area contributed by atoms with Crippen LogP contribution in [0.4, 0.5) is 10.2 Å². The summed E-state index contributed by atoms with van der Waals surface area (Å²) in [5.74, 6) is 0.956. The van der Waals surface area contributed by atoms with Crippen LogP contribution in [0, 0.1) is 5.82 Å². The molecule has 2 N–H and O–H groups in total. The fraction of sp³-hybridized carbons (Fsp3) is 0.174. The number of anilines is 1. The Morgan fingerprint density at radius 2 is 1.78 bits per heavy atom. The largest absolute Gasteiger partial charge is 0.497 e. The molecule has 166 valence electrons. The van der Waals surface area contributed by atoms with E-state index in [4.69, 9.17) is 47.6 Å². The van der Waals surface area contributed by atoms with Crippen molar-refractivity contribution in [1.29, 1.82) is 0 Å². The standard InChI is InChI=1S/C23H19Cl2FN2O4/c1-11(19-17(24)4-5-18(26)20(19)25)32-22-21-15(9-28-23(22)27)16(10-31-21)12-6-13(29-2)8-14(7-12)30-3/h4-11H,1-3H3,(H2,27,28)/t11-/m1/s1. The molecule has 0 aliphatic heterocycles. The topological polar surface area (TPSA) is 79.7 Å².